The van der Waals surface area contributed by atoms with E-state index in [2.05, 4.69) is 10.4 Å². The minimum Gasteiger partial charge on any atom is -0.369 e. The first-order valence-electron chi connectivity index (χ1n) is 11.2. The van der Waals surface area contributed by atoms with Crippen LogP contribution in [-0.4, -0.2) is 36.3 Å². The summed E-state index contributed by atoms with van der Waals surface area (Å²) >= 11 is 6.18. The monoisotopic (exact) mass is 532 g/mol. The predicted molar refractivity (Wildman–Crippen MR) is 144 cm³/mol. The number of carbonyl (C=O) groups is 2. The van der Waals surface area contributed by atoms with Crippen LogP contribution in [0.15, 0.2) is 83.8 Å². The molecule has 186 valence electrons. The van der Waals surface area contributed by atoms with Crippen molar-refractivity contribution in [2.75, 3.05) is 11.6 Å². The van der Waals surface area contributed by atoms with E-state index in [0.29, 0.717) is 38.6 Å². The number of anilines is 1. The standard InChI is InChI=1S/C27H21ClN4O4S/c1-37(35,36)19-11-9-18(10-12-19)32-26-21(24(31-32)15-25(29)33)13-7-16-6-8-17(14-22(16)26)30-27(34)20-4-2-3-5-23(20)28/h2-14H,15H2,1H3,(H2,29,33)(H,30,34). The van der Waals surface area contributed by atoms with E-state index < -0.39 is 15.7 Å². The van der Waals surface area contributed by atoms with Gasteiger partial charge in [-0.2, -0.15) is 5.10 Å². The Kier molecular flexibility index (Phi) is 6.18. The summed E-state index contributed by atoms with van der Waals surface area (Å²) in [4.78, 5) is 24.8. The van der Waals surface area contributed by atoms with E-state index in [-0.39, 0.29) is 17.2 Å². The van der Waals surface area contributed by atoms with Gasteiger partial charge in [0.1, 0.15) is 0 Å². The van der Waals surface area contributed by atoms with E-state index in [0.717, 1.165) is 17.0 Å². The number of halogens is 1. The minimum absolute atomic E-state index is 0.0701. The quantitative estimate of drug-likeness (QED) is 0.333. The highest BCUT2D eigenvalue weighted by Gasteiger charge is 2.18. The normalized spacial score (nSPS) is 11.6. The van der Waals surface area contributed by atoms with Crippen LogP contribution in [0, 0.1) is 0 Å². The van der Waals surface area contributed by atoms with Gasteiger partial charge in [0.05, 0.1) is 38.8 Å². The lowest BCUT2D eigenvalue weighted by atomic mass is 10.0. The molecule has 0 unspecified atom stereocenters. The van der Waals surface area contributed by atoms with E-state index in [1.165, 1.54) is 12.1 Å². The molecule has 0 spiro atoms. The first-order valence-corrected chi connectivity index (χ1v) is 13.5. The van der Waals surface area contributed by atoms with Crippen LogP contribution in [0.25, 0.3) is 27.4 Å². The van der Waals surface area contributed by atoms with Crippen LogP contribution in [0.5, 0.6) is 0 Å². The van der Waals surface area contributed by atoms with E-state index in [4.69, 9.17) is 17.3 Å². The molecule has 0 bridgehead atoms. The number of nitrogens with one attached hydrogen (secondary N) is 1. The molecule has 0 radical (unpaired) electrons. The molecule has 0 aliphatic heterocycles. The predicted octanol–water partition coefficient (Wildman–Crippen LogP) is 4.52. The number of nitrogens with zero attached hydrogens (tertiary/aromatic N) is 2. The van der Waals surface area contributed by atoms with E-state index >= 15 is 0 Å². The fourth-order valence-electron chi connectivity index (χ4n) is 4.23. The third-order valence-corrected chi connectivity index (χ3v) is 7.42. The molecular formula is C27H21ClN4O4S. The molecule has 1 heterocycles. The molecule has 5 rings (SSSR count). The molecule has 0 aliphatic carbocycles. The largest absolute Gasteiger partial charge is 0.369 e. The van der Waals surface area contributed by atoms with Gasteiger partial charge >= 0.3 is 0 Å². The smallest absolute Gasteiger partial charge is 0.257 e. The fourth-order valence-corrected chi connectivity index (χ4v) is 5.08. The zero-order valence-electron chi connectivity index (χ0n) is 19.6. The highest BCUT2D eigenvalue weighted by molar-refractivity contribution is 7.90. The number of carbonyl (C=O) groups excluding carboxylic acids is 2. The lowest BCUT2D eigenvalue weighted by Crippen LogP contribution is -2.14. The van der Waals surface area contributed by atoms with Crippen molar-refractivity contribution >= 4 is 60.6 Å². The minimum atomic E-state index is -3.37. The van der Waals surface area contributed by atoms with Crippen molar-refractivity contribution in [1.29, 1.82) is 0 Å². The zero-order chi connectivity index (χ0) is 26.3. The maximum absolute atomic E-state index is 12.8. The number of rotatable bonds is 6. The third kappa shape index (κ3) is 4.78. The summed E-state index contributed by atoms with van der Waals surface area (Å²) in [5, 5.41) is 10.2. The van der Waals surface area contributed by atoms with Gasteiger partial charge in [0.2, 0.25) is 5.91 Å². The molecule has 3 N–H and O–H groups in total. The third-order valence-electron chi connectivity index (χ3n) is 5.96. The number of sulfone groups is 1. The van der Waals surface area contributed by atoms with Crippen molar-refractivity contribution in [2.24, 2.45) is 5.73 Å². The summed E-state index contributed by atoms with van der Waals surface area (Å²) in [7, 11) is -3.37. The summed E-state index contributed by atoms with van der Waals surface area (Å²) in [6.07, 6.45) is 1.07. The van der Waals surface area contributed by atoms with Crippen molar-refractivity contribution in [3.8, 4) is 5.69 Å². The Hall–Kier alpha value is -4.21. The average Bonchev–Trinajstić information content (AvgIpc) is 3.22. The van der Waals surface area contributed by atoms with E-state index in [9.17, 15) is 18.0 Å². The number of amides is 2. The topological polar surface area (TPSA) is 124 Å². The number of aromatic nitrogens is 2. The van der Waals surface area contributed by atoms with Gasteiger partial charge < -0.3 is 11.1 Å². The van der Waals surface area contributed by atoms with Gasteiger partial charge in [0.25, 0.3) is 5.91 Å². The fraction of sp³-hybridized carbons (Fsp3) is 0.0741. The summed E-state index contributed by atoms with van der Waals surface area (Å²) in [6.45, 7) is 0. The molecule has 10 heteroatoms. The SMILES string of the molecule is CS(=O)(=O)c1ccc(-n2nc(CC(N)=O)c3ccc4ccc(NC(=O)c5ccccc5Cl)cc4c32)cc1. The Morgan fingerprint density at radius 2 is 1.68 bits per heavy atom. The molecular weight excluding hydrogens is 512 g/mol. The van der Waals surface area contributed by atoms with Gasteiger partial charge in [-0.1, -0.05) is 41.9 Å². The number of benzene rings is 4. The van der Waals surface area contributed by atoms with Crippen LogP contribution in [0.4, 0.5) is 5.69 Å². The Labute approximate surface area is 217 Å². The molecule has 4 aromatic carbocycles. The van der Waals surface area contributed by atoms with Crippen molar-refractivity contribution < 1.29 is 18.0 Å². The second-order valence-corrected chi connectivity index (χ2v) is 11.0. The molecule has 1 aromatic heterocycles. The van der Waals surface area contributed by atoms with Crippen molar-refractivity contribution in [2.45, 2.75) is 11.3 Å². The lowest BCUT2D eigenvalue weighted by molar-refractivity contribution is -0.117. The number of fused-ring (bicyclic) bond motifs is 3. The Balaban J connectivity index is 1.68. The van der Waals surface area contributed by atoms with Crippen LogP contribution in [0.1, 0.15) is 16.1 Å². The number of nitrogens with two attached hydrogens (primary N) is 1. The van der Waals surface area contributed by atoms with Gasteiger partial charge in [0.15, 0.2) is 9.84 Å². The van der Waals surface area contributed by atoms with Crippen molar-refractivity contribution in [3.05, 3.63) is 95.1 Å². The second kappa shape index (κ2) is 9.34. The van der Waals surface area contributed by atoms with E-state index in [1.807, 2.05) is 24.3 Å². The van der Waals surface area contributed by atoms with Crippen LogP contribution in [-0.2, 0) is 21.1 Å². The first-order chi connectivity index (χ1) is 17.6. The maximum Gasteiger partial charge on any atom is 0.257 e. The second-order valence-electron chi connectivity index (χ2n) is 8.60. The van der Waals surface area contributed by atoms with Crippen LogP contribution < -0.4 is 11.1 Å². The van der Waals surface area contributed by atoms with Crippen LogP contribution >= 0.6 is 11.6 Å². The van der Waals surface area contributed by atoms with Crippen LogP contribution in [0.2, 0.25) is 5.02 Å². The molecule has 0 atom stereocenters. The summed E-state index contributed by atoms with van der Waals surface area (Å²) in [5.74, 6) is -0.878. The molecule has 0 saturated carbocycles. The van der Waals surface area contributed by atoms with Crippen LogP contribution in [0.3, 0.4) is 0 Å². The Bertz CT molecular complexity index is 1810. The van der Waals surface area contributed by atoms with Gasteiger partial charge in [-0.15, -0.1) is 0 Å². The molecule has 37 heavy (non-hydrogen) atoms. The summed E-state index contributed by atoms with van der Waals surface area (Å²) in [5.41, 5.74) is 8.15. The maximum atomic E-state index is 12.8. The lowest BCUT2D eigenvalue weighted by Gasteiger charge is -2.10. The van der Waals surface area contributed by atoms with Gasteiger partial charge in [-0.05, 0) is 53.9 Å². The number of primary amides is 1. The zero-order valence-corrected chi connectivity index (χ0v) is 21.2. The number of hydrogen-bond acceptors (Lipinski definition) is 5. The molecule has 0 saturated heterocycles. The van der Waals surface area contributed by atoms with Gasteiger partial charge in [-0.25, -0.2) is 13.1 Å². The first kappa shape index (κ1) is 24.5. The molecule has 0 aliphatic rings. The average molecular weight is 533 g/mol. The van der Waals surface area contributed by atoms with Gasteiger partial charge in [0, 0.05) is 22.7 Å². The molecule has 5 aromatic rings. The van der Waals surface area contributed by atoms with Crippen molar-refractivity contribution in [3.63, 3.8) is 0 Å². The highest BCUT2D eigenvalue weighted by Crippen LogP contribution is 2.32. The Morgan fingerprint density at radius 3 is 2.35 bits per heavy atom. The highest BCUT2D eigenvalue weighted by atomic mass is 35.5. The number of hydrogen-bond donors (Lipinski definition) is 2. The van der Waals surface area contributed by atoms with E-state index in [1.54, 1.807) is 47.1 Å². The summed E-state index contributed by atoms with van der Waals surface area (Å²) < 4.78 is 25.5. The molecule has 0 fully saturated rings. The summed E-state index contributed by atoms with van der Waals surface area (Å²) in [6, 6.07) is 22.3. The Morgan fingerprint density at radius 1 is 0.973 bits per heavy atom. The van der Waals surface area contributed by atoms with Gasteiger partial charge in [-0.3, -0.25) is 9.59 Å². The van der Waals surface area contributed by atoms with Crippen molar-refractivity contribution in [1.82, 2.24) is 9.78 Å². The molecule has 2 amide bonds. The molecule has 8 nitrogen and oxygen atoms in total.